The van der Waals surface area contributed by atoms with Gasteiger partial charge in [0.1, 0.15) is 0 Å². The fourth-order valence-electron chi connectivity index (χ4n) is 3.91. The van der Waals surface area contributed by atoms with Crippen LogP contribution >= 0.6 is 12.4 Å². The SMILES string of the molecule is CNCC1CCCN(CC(=O)N2CC(C)CC(C)C2)C1.Cl. The number of carbonyl (C=O) groups is 1. The van der Waals surface area contributed by atoms with Crippen LogP contribution in [0.1, 0.15) is 33.1 Å². The molecule has 4 nitrogen and oxygen atoms in total. The summed E-state index contributed by atoms with van der Waals surface area (Å²) in [5.74, 6) is 2.36. The molecule has 3 atom stereocenters. The summed E-state index contributed by atoms with van der Waals surface area (Å²) in [7, 11) is 2.01. The third kappa shape index (κ3) is 5.76. The normalized spacial score (nSPS) is 30.8. The molecule has 0 aromatic carbocycles. The molecule has 0 aromatic rings. The van der Waals surface area contributed by atoms with Crippen molar-refractivity contribution in [1.82, 2.24) is 15.1 Å². The molecule has 21 heavy (non-hydrogen) atoms. The van der Waals surface area contributed by atoms with Gasteiger partial charge in [0.05, 0.1) is 6.54 Å². The van der Waals surface area contributed by atoms with E-state index in [2.05, 4.69) is 29.0 Å². The van der Waals surface area contributed by atoms with Gasteiger partial charge in [0.15, 0.2) is 0 Å². The first kappa shape index (κ1) is 18.7. The fourth-order valence-corrected chi connectivity index (χ4v) is 3.91. The number of nitrogens with one attached hydrogen (secondary N) is 1. The zero-order valence-corrected chi connectivity index (χ0v) is 14.6. The Morgan fingerprint density at radius 2 is 1.86 bits per heavy atom. The van der Waals surface area contributed by atoms with Crippen molar-refractivity contribution in [1.29, 1.82) is 0 Å². The number of halogens is 1. The van der Waals surface area contributed by atoms with E-state index in [1.54, 1.807) is 0 Å². The highest BCUT2D eigenvalue weighted by Crippen LogP contribution is 2.22. The first-order valence-corrected chi connectivity index (χ1v) is 8.23. The number of piperidine rings is 2. The number of hydrogen-bond donors (Lipinski definition) is 1. The third-order valence-corrected chi connectivity index (χ3v) is 4.68. The maximum Gasteiger partial charge on any atom is 0.236 e. The first-order valence-electron chi connectivity index (χ1n) is 8.23. The van der Waals surface area contributed by atoms with E-state index in [9.17, 15) is 4.79 Å². The van der Waals surface area contributed by atoms with E-state index in [4.69, 9.17) is 0 Å². The molecule has 2 aliphatic heterocycles. The summed E-state index contributed by atoms with van der Waals surface area (Å²) >= 11 is 0. The second kappa shape index (κ2) is 8.96. The van der Waals surface area contributed by atoms with Crippen LogP contribution < -0.4 is 5.32 Å². The quantitative estimate of drug-likeness (QED) is 0.859. The first-order chi connectivity index (χ1) is 9.58. The van der Waals surface area contributed by atoms with Crippen LogP contribution in [0.25, 0.3) is 0 Å². The lowest BCUT2D eigenvalue weighted by Crippen LogP contribution is -2.49. The Morgan fingerprint density at radius 1 is 1.19 bits per heavy atom. The van der Waals surface area contributed by atoms with Crippen LogP contribution in [0.15, 0.2) is 0 Å². The molecule has 0 aromatic heterocycles. The van der Waals surface area contributed by atoms with Gasteiger partial charge in [-0.25, -0.2) is 0 Å². The maximum absolute atomic E-state index is 12.5. The predicted molar refractivity (Wildman–Crippen MR) is 89.9 cm³/mol. The Bertz CT molecular complexity index is 315. The summed E-state index contributed by atoms with van der Waals surface area (Å²) in [6.07, 6.45) is 3.79. The molecule has 3 unspecified atom stereocenters. The minimum Gasteiger partial charge on any atom is -0.341 e. The van der Waals surface area contributed by atoms with E-state index in [1.165, 1.54) is 19.3 Å². The van der Waals surface area contributed by atoms with Gasteiger partial charge in [-0.2, -0.15) is 0 Å². The number of carbonyl (C=O) groups excluding carboxylic acids is 1. The molecule has 5 heteroatoms. The van der Waals surface area contributed by atoms with Gasteiger partial charge in [-0.15, -0.1) is 12.4 Å². The summed E-state index contributed by atoms with van der Waals surface area (Å²) in [5.41, 5.74) is 0. The topological polar surface area (TPSA) is 35.6 Å². The Kier molecular flexibility index (Phi) is 7.99. The van der Waals surface area contributed by atoms with Crippen LogP contribution in [-0.2, 0) is 4.79 Å². The van der Waals surface area contributed by atoms with Crippen LogP contribution in [0.4, 0.5) is 0 Å². The van der Waals surface area contributed by atoms with Crippen molar-refractivity contribution in [2.24, 2.45) is 17.8 Å². The van der Waals surface area contributed by atoms with Crippen molar-refractivity contribution in [3.8, 4) is 0 Å². The molecular weight excluding hydrogens is 286 g/mol. The number of hydrogen-bond acceptors (Lipinski definition) is 3. The molecular formula is C16H32ClN3O. The molecule has 0 radical (unpaired) electrons. The monoisotopic (exact) mass is 317 g/mol. The molecule has 124 valence electrons. The minimum atomic E-state index is 0. The highest BCUT2D eigenvalue weighted by Gasteiger charge is 2.27. The molecule has 2 aliphatic rings. The fraction of sp³-hybridized carbons (Fsp3) is 0.938. The highest BCUT2D eigenvalue weighted by molar-refractivity contribution is 5.85. The summed E-state index contributed by atoms with van der Waals surface area (Å²) in [6, 6.07) is 0. The average Bonchev–Trinajstić information content (AvgIpc) is 2.38. The van der Waals surface area contributed by atoms with E-state index in [-0.39, 0.29) is 12.4 Å². The van der Waals surface area contributed by atoms with Gasteiger partial charge in [-0.1, -0.05) is 13.8 Å². The average molecular weight is 318 g/mol. The Labute approximate surface area is 136 Å². The van der Waals surface area contributed by atoms with Crippen LogP contribution in [0, 0.1) is 17.8 Å². The van der Waals surface area contributed by atoms with Crippen molar-refractivity contribution in [2.45, 2.75) is 33.1 Å². The molecule has 0 spiro atoms. The van der Waals surface area contributed by atoms with Crippen molar-refractivity contribution in [2.75, 3.05) is 46.3 Å². The van der Waals surface area contributed by atoms with Crippen molar-refractivity contribution >= 4 is 18.3 Å². The molecule has 2 heterocycles. The Morgan fingerprint density at radius 3 is 2.48 bits per heavy atom. The van der Waals surface area contributed by atoms with E-state index >= 15 is 0 Å². The van der Waals surface area contributed by atoms with Gasteiger partial charge in [0, 0.05) is 19.6 Å². The molecule has 2 saturated heterocycles. The van der Waals surface area contributed by atoms with E-state index < -0.39 is 0 Å². The number of nitrogens with zero attached hydrogens (tertiary/aromatic N) is 2. The van der Waals surface area contributed by atoms with Crippen molar-refractivity contribution < 1.29 is 4.79 Å². The molecule has 1 amide bonds. The summed E-state index contributed by atoms with van der Waals surface area (Å²) in [6.45, 7) is 10.3. The van der Waals surface area contributed by atoms with Gasteiger partial charge >= 0.3 is 0 Å². The molecule has 0 aliphatic carbocycles. The lowest BCUT2D eigenvalue weighted by Gasteiger charge is -2.38. The minimum absolute atomic E-state index is 0. The molecule has 1 N–H and O–H groups in total. The number of amides is 1. The Hall–Kier alpha value is -0.320. The third-order valence-electron chi connectivity index (χ3n) is 4.68. The number of likely N-dealkylation sites (tertiary alicyclic amines) is 2. The lowest BCUT2D eigenvalue weighted by atomic mass is 9.92. The lowest BCUT2D eigenvalue weighted by molar-refractivity contribution is -0.135. The van der Waals surface area contributed by atoms with Gasteiger partial charge < -0.3 is 10.2 Å². The second-order valence-electron chi connectivity index (χ2n) is 7.05. The standard InChI is InChI=1S/C16H31N3O.ClH/c1-13-7-14(2)10-19(9-13)16(20)12-18-6-4-5-15(11-18)8-17-3;/h13-15,17H,4-12H2,1-3H3;1H. The molecule has 0 bridgehead atoms. The van der Waals surface area contributed by atoms with Crippen LogP contribution in [0.5, 0.6) is 0 Å². The van der Waals surface area contributed by atoms with Crippen LogP contribution in [-0.4, -0.2) is 62.0 Å². The summed E-state index contributed by atoms with van der Waals surface area (Å²) in [5, 5.41) is 3.26. The summed E-state index contributed by atoms with van der Waals surface area (Å²) in [4.78, 5) is 16.9. The number of rotatable bonds is 4. The molecule has 2 rings (SSSR count). The van der Waals surface area contributed by atoms with Gasteiger partial charge in [0.2, 0.25) is 5.91 Å². The highest BCUT2D eigenvalue weighted by atomic mass is 35.5. The van der Waals surface area contributed by atoms with Crippen molar-refractivity contribution in [3.63, 3.8) is 0 Å². The second-order valence-corrected chi connectivity index (χ2v) is 7.05. The largest absolute Gasteiger partial charge is 0.341 e. The van der Waals surface area contributed by atoms with Gasteiger partial charge in [-0.3, -0.25) is 9.69 Å². The smallest absolute Gasteiger partial charge is 0.236 e. The molecule has 2 fully saturated rings. The molecule has 0 saturated carbocycles. The maximum atomic E-state index is 12.5. The Balaban J connectivity index is 0.00000220. The van der Waals surface area contributed by atoms with Gasteiger partial charge in [0.25, 0.3) is 0 Å². The van der Waals surface area contributed by atoms with E-state index in [0.717, 1.165) is 32.7 Å². The van der Waals surface area contributed by atoms with Crippen molar-refractivity contribution in [3.05, 3.63) is 0 Å². The predicted octanol–water partition coefficient (Wildman–Crippen LogP) is 1.84. The zero-order chi connectivity index (χ0) is 14.5. The van der Waals surface area contributed by atoms with E-state index in [0.29, 0.717) is 30.2 Å². The summed E-state index contributed by atoms with van der Waals surface area (Å²) < 4.78 is 0. The van der Waals surface area contributed by atoms with E-state index in [1.807, 2.05) is 7.05 Å². The van der Waals surface area contributed by atoms with Gasteiger partial charge in [-0.05, 0) is 57.2 Å². The zero-order valence-electron chi connectivity index (χ0n) is 13.8. The van der Waals surface area contributed by atoms with Crippen LogP contribution in [0.3, 0.4) is 0 Å². The van der Waals surface area contributed by atoms with Crippen LogP contribution in [0.2, 0.25) is 0 Å².